The molecular weight excluding hydrogens is 402 g/mol. The minimum atomic E-state index is -0.0971. The number of nitrogens with one attached hydrogen (secondary N) is 1. The van der Waals surface area contributed by atoms with E-state index in [4.69, 9.17) is 5.26 Å². The second-order valence-corrected chi connectivity index (χ2v) is 9.19. The Morgan fingerprint density at radius 1 is 1.16 bits per heavy atom. The van der Waals surface area contributed by atoms with Crippen LogP contribution in [0.2, 0.25) is 0 Å². The van der Waals surface area contributed by atoms with Crippen LogP contribution in [0.1, 0.15) is 46.3 Å². The van der Waals surface area contributed by atoms with Crippen molar-refractivity contribution in [2.75, 3.05) is 24.5 Å². The van der Waals surface area contributed by atoms with Gasteiger partial charge >= 0.3 is 0 Å². The average molecular weight is 428 g/mol. The van der Waals surface area contributed by atoms with Crippen molar-refractivity contribution in [2.45, 2.75) is 33.1 Å². The third kappa shape index (κ3) is 3.32. The van der Waals surface area contributed by atoms with Gasteiger partial charge < -0.3 is 9.80 Å². The summed E-state index contributed by atoms with van der Waals surface area (Å²) in [7, 11) is 0. The van der Waals surface area contributed by atoms with Gasteiger partial charge in [0, 0.05) is 48.1 Å². The van der Waals surface area contributed by atoms with Crippen molar-refractivity contribution in [3.63, 3.8) is 0 Å². The SMILES string of the molecule is Cc1cc(N2CC3(CCN(C(=O)c4cc(C)c5[nH]ncc5c4)CC3)CC2=O)ccc1C#N. The van der Waals surface area contributed by atoms with E-state index in [9.17, 15) is 9.59 Å². The highest BCUT2D eigenvalue weighted by Crippen LogP contribution is 2.43. The highest BCUT2D eigenvalue weighted by Gasteiger charge is 2.46. The first-order valence-electron chi connectivity index (χ1n) is 10.9. The lowest BCUT2D eigenvalue weighted by Gasteiger charge is -2.39. The maximum atomic E-state index is 13.2. The summed E-state index contributed by atoms with van der Waals surface area (Å²) in [5.74, 6) is 0.157. The second kappa shape index (κ2) is 7.49. The minimum absolute atomic E-state index is 0.0370. The molecule has 7 nitrogen and oxygen atoms in total. The van der Waals surface area contributed by atoms with Gasteiger partial charge in [-0.15, -0.1) is 0 Å². The number of hydrogen-bond acceptors (Lipinski definition) is 4. The minimum Gasteiger partial charge on any atom is -0.339 e. The molecule has 2 aliphatic heterocycles. The molecule has 2 aliphatic rings. The van der Waals surface area contributed by atoms with Gasteiger partial charge in [-0.25, -0.2) is 0 Å². The molecule has 0 radical (unpaired) electrons. The van der Waals surface area contributed by atoms with Gasteiger partial charge in [-0.3, -0.25) is 14.7 Å². The van der Waals surface area contributed by atoms with E-state index < -0.39 is 0 Å². The monoisotopic (exact) mass is 427 g/mol. The Morgan fingerprint density at radius 3 is 2.66 bits per heavy atom. The van der Waals surface area contributed by atoms with Gasteiger partial charge in [0.15, 0.2) is 0 Å². The summed E-state index contributed by atoms with van der Waals surface area (Å²) in [5, 5.41) is 17.2. The van der Waals surface area contributed by atoms with Crippen LogP contribution in [0.25, 0.3) is 10.9 Å². The molecule has 0 atom stereocenters. The molecule has 0 unspecified atom stereocenters. The van der Waals surface area contributed by atoms with E-state index in [2.05, 4.69) is 16.3 Å². The number of fused-ring (bicyclic) bond motifs is 1. The normalized spacial score (nSPS) is 17.8. The van der Waals surface area contributed by atoms with Crippen LogP contribution in [0.5, 0.6) is 0 Å². The van der Waals surface area contributed by atoms with Gasteiger partial charge in [0.25, 0.3) is 5.91 Å². The fourth-order valence-corrected chi connectivity index (χ4v) is 5.13. The van der Waals surface area contributed by atoms with Crippen LogP contribution in [0.15, 0.2) is 36.5 Å². The summed E-state index contributed by atoms with van der Waals surface area (Å²) in [6.45, 7) is 5.83. The molecule has 2 amide bonds. The maximum Gasteiger partial charge on any atom is 0.253 e. The second-order valence-electron chi connectivity index (χ2n) is 9.19. The number of aromatic nitrogens is 2. The maximum absolute atomic E-state index is 13.2. The van der Waals surface area contributed by atoms with Crippen molar-refractivity contribution in [3.8, 4) is 6.07 Å². The molecule has 162 valence electrons. The Balaban J connectivity index is 1.29. The van der Waals surface area contributed by atoms with Crippen molar-refractivity contribution < 1.29 is 9.59 Å². The first-order chi connectivity index (χ1) is 15.4. The average Bonchev–Trinajstić information content (AvgIpc) is 3.38. The summed E-state index contributed by atoms with van der Waals surface area (Å²) in [6, 6.07) is 11.5. The highest BCUT2D eigenvalue weighted by atomic mass is 16.2. The Morgan fingerprint density at radius 2 is 1.94 bits per heavy atom. The standard InChI is InChI=1S/C25H25N5O2/c1-16-10-21(4-3-18(16)13-26)30-15-25(12-22(30)31)5-7-29(8-6-25)24(32)19-9-17(2)23-20(11-19)14-27-28-23/h3-4,9-11,14H,5-8,12,15H2,1-2H3,(H,27,28). The zero-order valence-electron chi connectivity index (χ0n) is 18.3. The fraction of sp³-hybridized carbons (Fsp3) is 0.360. The van der Waals surface area contributed by atoms with Gasteiger partial charge in [-0.05, 0) is 68.1 Å². The number of carbonyl (C=O) groups excluding carboxylic acids is 2. The number of amides is 2. The van der Waals surface area contributed by atoms with Crippen LogP contribution < -0.4 is 4.90 Å². The van der Waals surface area contributed by atoms with Gasteiger partial charge in [-0.2, -0.15) is 10.4 Å². The predicted octanol–water partition coefficient (Wildman–Crippen LogP) is 3.71. The number of carbonyl (C=O) groups is 2. The third-order valence-corrected chi connectivity index (χ3v) is 7.07. The van der Waals surface area contributed by atoms with Crippen LogP contribution in [-0.4, -0.2) is 46.5 Å². The summed E-state index contributed by atoms with van der Waals surface area (Å²) in [6.07, 6.45) is 3.87. The Hall–Kier alpha value is -3.66. The lowest BCUT2D eigenvalue weighted by Crippen LogP contribution is -2.44. The first kappa shape index (κ1) is 20.3. The summed E-state index contributed by atoms with van der Waals surface area (Å²) >= 11 is 0. The molecule has 1 N–H and O–H groups in total. The molecule has 0 saturated carbocycles. The molecule has 2 saturated heterocycles. The molecule has 2 fully saturated rings. The molecule has 0 bridgehead atoms. The van der Waals surface area contributed by atoms with Gasteiger partial charge in [0.2, 0.25) is 5.91 Å². The van der Waals surface area contributed by atoms with Crippen LogP contribution >= 0.6 is 0 Å². The van der Waals surface area contributed by atoms with E-state index in [1.165, 1.54) is 0 Å². The van der Waals surface area contributed by atoms with Crippen molar-refractivity contribution in [3.05, 3.63) is 58.8 Å². The zero-order chi connectivity index (χ0) is 22.5. The molecule has 32 heavy (non-hydrogen) atoms. The number of anilines is 1. The largest absolute Gasteiger partial charge is 0.339 e. The van der Waals surface area contributed by atoms with Gasteiger partial charge in [0.1, 0.15) is 0 Å². The van der Waals surface area contributed by atoms with E-state index >= 15 is 0 Å². The van der Waals surface area contributed by atoms with Crippen LogP contribution in [0, 0.1) is 30.6 Å². The summed E-state index contributed by atoms with van der Waals surface area (Å²) in [4.78, 5) is 29.8. The number of likely N-dealkylation sites (tertiary alicyclic amines) is 1. The lowest BCUT2D eigenvalue weighted by molar-refractivity contribution is -0.118. The molecule has 3 heterocycles. The van der Waals surface area contributed by atoms with Crippen LogP contribution in [-0.2, 0) is 4.79 Å². The quantitative estimate of drug-likeness (QED) is 0.675. The number of nitrogens with zero attached hydrogens (tertiary/aromatic N) is 4. The van der Waals surface area contributed by atoms with Crippen molar-refractivity contribution in [2.24, 2.45) is 5.41 Å². The van der Waals surface area contributed by atoms with Gasteiger partial charge in [0.05, 0.1) is 23.3 Å². The van der Waals surface area contributed by atoms with Crippen LogP contribution in [0.3, 0.4) is 0 Å². The van der Waals surface area contributed by atoms with Crippen LogP contribution in [0.4, 0.5) is 5.69 Å². The molecular formula is C25H25N5O2. The molecule has 7 heteroatoms. The predicted molar refractivity (Wildman–Crippen MR) is 121 cm³/mol. The van der Waals surface area contributed by atoms with E-state index in [0.717, 1.165) is 40.6 Å². The molecule has 5 rings (SSSR count). The Kier molecular flexibility index (Phi) is 4.74. The molecule has 1 spiro atoms. The number of H-pyrrole nitrogens is 1. The molecule has 0 aliphatic carbocycles. The van der Waals surface area contributed by atoms with E-state index in [1.807, 2.05) is 47.9 Å². The fourth-order valence-electron chi connectivity index (χ4n) is 5.13. The highest BCUT2D eigenvalue weighted by molar-refractivity contribution is 5.99. The lowest BCUT2D eigenvalue weighted by atomic mass is 9.77. The smallest absolute Gasteiger partial charge is 0.253 e. The zero-order valence-corrected chi connectivity index (χ0v) is 18.3. The number of benzene rings is 2. The van der Waals surface area contributed by atoms with Gasteiger partial charge in [-0.1, -0.05) is 0 Å². The Labute approximate surface area is 186 Å². The number of hydrogen-bond donors (Lipinski definition) is 1. The number of aromatic amines is 1. The third-order valence-electron chi connectivity index (χ3n) is 7.07. The number of rotatable bonds is 2. The molecule has 2 aromatic carbocycles. The topological polar surface area (TPSA) is 93.1 Å². The van der Waals surface area contributed by atoms with E-state index in [0.29, 0.717) is 37.2 Å². The van der Waals surface area contributed by atoms with Crippen molar-refractivity contribution in [1.29, 1.82) is 5.26 Å². The van der Waals surface area contributed by atoms with E-state index in [1.54, 1.807) is 12.3 Å². The Bertz CT molecular complexity index is 1280. The summed E-state index contributed by atoms with van der Waals surface area (Å²) < 4.78 is 0. The number of piperidine rings is 1. The van der Waals surface area contributed by atoms with Crippen molar-refractivity contribution in [1.82, 2.24) is 15.1 Å². The summed E-state index contributed by atoms with van der Waals surface area (Å²) in [5.41, 5.74) is 4.92. The van der Waals surface area contributed by atoms with Crippen molar-refractivity contribution >= 4 is 28.4 Å². The van der Waals surface area contributed by atoms with E-state index in [-0.39, 0.29) is 17.2 Å². The number of aryl methyl sites for hydroxylation is 2. The number of nitriles is 1. The first-order valence-corrected chi connectivity index (χ1v) is 10.9. The molecule has 1 aromatic heterocycles. The molecule has 3 aromatic rings.